The minimum absolute atomic E-state index is 0.153. The molecule has 0 radical (unpaired) electrons. The fourth-order valence-corrected chi connectivity index (χ4v) is 4.40. The lowest BCUT2D eigenvalue weighted by molar-refractivity contribution is -0.274. The quantitative estimate of drug-likeness (QED) is 0.524. The number of carbonyl (C=O) groups excluding carboxylic acids is 3. The first-order chi connectivity index (χ1) is 14.4. The number of halogens is 3. The SMILES string of the molecule is O=C1NC(=O)C2(CCN(C(=O)CCNS(=O)(=O)c3ccc(OC(F)(F)F)cc3)CC2)N1. The van der Waals surface area contributed by atoms with Crippen LogP contribution in [0.3, 0.4) is 0 Å². The molecule has 0 atom stereocenters. The molecule has 1 spiro atoms. The molecule has 10 nitrogen and oxygen atoms in total. The van der Waals surface area contributed by atoms with Crippen LogP contribution in [0.4, 0.5) is 18.0 Å². The number of rotatable bonds is 6. The summed E-state index contributed by atoms with van der Waals surface area (Å²) in [6.07, 6.45) is -4.55. The Hall–Kier alpha value is -2.87. The van der Waals surface area contributed by atoms with Crippen LogP contribution in [0.1, 0.15) is 19.3 Å². The van der Waals surface area contributed by atoms with Crippen molar-refractivity contribution in [3.8, 4) is 5.75 Å². The van der Waals surface area contributed by atoms with Crippen molar-refractivity contribution in [1.82, 2.24) is 20.3 Å². The van der Waals surface area contributed by atoms with Gasteiger partial charge in [0.25, 0.3) is 5.91 Å². The Labute approximate surface area is 175 Å². The Kier molecular flexibility index (Phi) is 6.14. The van der Waals surface area contributed by atoms with Gasteiger partial charge in [-0.05, 0) is 37.1 Å². The summed E-state index contributed by atoms with van der Waals surface area (Å²) in [6, 6.07) is 3.08. The van der Waals surface area contributed by atoms with Crippen LogP contribution < -0.4 is 20.1 Å². The number of imide groups is 1. The Morgan fingerprint density at radius 2 is 1.77 bits per heavy atom. The van der Waals surface area contributed by atoms with Crippen molar-refractivity contribution in [1.29, 1.82) is 0 Å². The second-order valence-electron chi connectivity index (χ2n) is 7.04. The van der Waals surface area contributed by atoms with E-state index < -0.39 is 39.6 Å². The molecule has 0 aliphatic carbocycles. The number of ether oxygens (including phenoxy) is 1. The number of benzene rings is 1. The molecule has 31 heavy (non-hydrogen) atoms. The summed E-state index contributed by atoms with van der Waals surface area (Å²) in [7, 11) is -4.04. The highest BCUT2D eigenvalue weighted by atomic mass is 32.2. The van der Waals surface area contributed by atoms with Crippen molar-refractivity contribution >= 4 is 27.9 Å². The first kappa shape index (κ1) is 22.8. The van der Waals surface area contributed by atoms with Gasteiger partial charge in [0.2, 0.25) is 15.9 Å². The molecule has 2 saturated heterocycles. The van der Waals surface area contributed by atoms with Gasteiger partial charge in [-0.2, -0.15) is 0 Å². The van der Waals surface area contributed by atoms with E-state index in [0.29, 0.717) is 0 Å². The zero-order valence-electron chi connectivity index (χ0n) is 16.0. The lowest BCUT2D eigenvalue weighted by atomic mass is 9.87. The highest BCUT2D eigenvalue weighted by molar-refractivity contribution is 7.89. The zero-order valence-corrected chi connectivity index (χ0v) is 16.8. The molecule has 3 rings (SSSR count). The number of amides is 4. The van der Waals surface area contributed by atoms with Gasteiger partial charge in [-0.3, -0.25) is 14.9 Å². The minimum atomic E-state index is -4.89. The molecule has 2 heterocycles. The van der Waals surface area contributed by atoms with Gasteiger partial charge in [-0.25, -0.2) is 17.9 Å². The van der Waals surface area contributed by atoms with Crippen LogP contribution in [0, 0.1) is 0 Å². The van der Waals surface area contributed by atoms with Crippen LogP contribution >= 0.6 is 0 Å². The normalized spacial score (nSPS) is 18.6. The van der Waals surface area contributed by atoms with Gasteiger partial charge >= 0.3 is 12.4 Å². The third kappa shape index (κ3) is 5.44. The average Bonchev–Trinajstić information content (AvgIpc) is 2.94. The molecule has 1 aromatic rings. The van der Waals surface area contributed by atoms with Gasteiger partial charge < -0.3 is 15.0 Å². The Bertz CT molecular complexity index is 973. The Morgan fingerprint density at radius 1 is 1.16 bits per heavy atom. The van der Waals surface area contributed by atoms with E-state index in [-0.39, 0.29) is 49.7 Å². The first-order valence-electron chi connectivity index (χ1n) is 9.17. The lowest BCUT2D eigenvalue weighted by Gasteiger charge is -2.37. The molecule has 2 aliphatic rings. The second-order valence-corrected chi connectivity index (χ2v) is 8.81. The smallest absolute Gasteiger partial charge is 0.406 e. The molecule has 170 valence electrons. The van der Waals surface area contributed by atoms with Crippen molar-refractivity contribution < 1.29 is 40.7 Å². The Balaban J connectivity index is 1.48. The number of sulfonamides is 1. The third-order valence-corrected chi connectivity index (χ3v) is 6.46. The molecule has 0 saturated carbocycles. The molecule has 14 heteroatoms. The van der Waals surface area contributed by atoms with Gasteiger partial charge in [-0.1, -0.05) is 0 Å². The van der Waals surface area contributed by atoms with Crippen LogP contribution in [0.25, 0.3) is 0 Å². The monoisotopic (exact) mass is 464 g/mol. The molecule has 2 fully saturated rings. The van der Waals surface area contributed by atoms with Gasteiger partial charge in [0.1, 0.15) is 11.3 Å². The minimum Gasteiger partial charge on any atom is -0.406 e. The lowest BCUT2D eigenvalue weighted by Crippen LogP contribution is -2.55. The van der Waals surface area contributed by atoms with Crippen molar-refractivity contribution in [3.05, 3.63) is 24.3 Å². The van der Waals surface area contributed by atoms with Crippen LogP contribution in [0.15, 0.2) is 29.2 Å². The number of carbonyl (C=O) groups is 3. The van der Waals surface area contributed by atoms with Crippen LogP contribution in [-0.4, -0.2) is 62.7 Å². The Morgan fingerprint density at radius 3 is 2.29 bits per heavy atom. The van der Waals surface area contributed by atoms with Crippen LogP contribution in [0.5, 0.6) is 5.75 Å². The van der Waals surface area contributed by atoms with Crippen LogP contribution in [0.2, 0.25) is 0 Å². The molecule has 3 N–H and O–H groups in total. The largest absolute Gasteiger partial charge is 0.573 e. The number of piperidine rings is 1. The summed E-state index contributed by atoms with van der Waals surface area (Å²) in [5.74, 6) is -1.32. The van der Waals surface area contributed by atoms with Crippen molar-refractivity contribution in [2.75, 3.05) is 19.6 Å². The third-order valence-electron chi connectivity index (χ3n) is 4.98. The van der Waals surface area contributed by atoms with E-state index in [1.165, 1.54) is 4.90 Å². The number of likely N-dealkylation sites (tertiary alicyclic amines) is 1. The second kappa shape index (κ2) is 8.34. The molecule has 0 aromatic heterocycles. The standard InChI is InChI=1S/C17H19F3N4O6S/c18-17(19,20)30-11-1-3-12(4-2-11)31(28,29)21-8-5-13(25)24-9-6-16(7-10-24)14(26)22-15(27)23-16/h1-4,21H,5-10H2,(H2,22,23,26,27). The van der Waals surface area contributed by atoms with E-state index in [1.807, 2.05) is 0 Å². The van der Waals surface area contributed by atoms with E-state index in [0.717, 1.165) is 24.3 Å². The van der Waals surface area contributed by atoms with E-state index in [2.05, 4.69) is 20.1 Å². The zero-order chi connectivity index (χ0) is 22.9. The molecule has 1 aromatic carbocycles. The first-order valence-corrected chi connectivity index (χ1v) is 10.7. The predicted molar refractivity (Wildman–Crippen MR) is 98.1 cm³/mol. The maximum atomic E-state index is 12.3. The highest BCUT2D eigenvalue weighted by Gasteiger charge is 2.48. The van der Waals surface area contributed by atoms with E-state index >= 15 is 0 Å². The van der Waals surface area contributed by atoms with E-state index in [4.69, 9.17) is 0 Å². The molecule has 4 amide bonds. The number of hydrogen-bond acceptors (Lipinski definition) is 6. The number of nitrogens with one attached hydrogen (secondary N) is 3. The maximum Gasteiger partial charge on any atom is 0.573 e. The molecule has 0 bridgehead atoms. The molecule has 0 unspecified atom stereocenters. The van der Waals surface area contributed by atoms with Gasteiger partial charge in [0.05, 0.1) is 4.90 Å². The molecular formula is C17H19F3N4O6S. The van der Waals surface area contributed by atoms with Gasteiger partial charge in [-0.15, -0.1) is 13.2 Å². The van der Waals surface area contributed by atoms with Gasteiger partial charge in [0.15, 0.2) is 0 Å². The van der Waals surface area contributed by atoms with Crippen molar-refractivity contribution in [2.45, 2.75) is 36.1 Å². The van der Waals surface area contributed by atoms with Crippen molar-refractivity contribution in [3.63, 3.8) is 0 Å². The number of hydrogen-bond donors (Lipinski definition) is 3. The summed E-state index contributed by atoms with van der Waals surface area (Å²) >= 11 is 0. The van der Waals surface area contributed by atoms with Crippen molar-refractivity contribution in [2.24, 2.45) is 0 Å². The highest BCUT2D eigenvalue weighted by Crippen LogP contribution is 2.26. The topological polar surface area (TPSA) is 134 Å². The fourth-order valence-electron chi connectivity index (χ4n) is 3.37. The average molecular weight is 464 g/mol. The summed E-state index contributed by atoms with van der Waals surface area (Å²) in [6.45, 7) is 0.223. The number of urea groups is 1. The summed E-state index contributed by atoms with van der Waals surface area (Å²) in [4.78, 5) is 36.8. The summed E-state index contributed by atoms with van der Waals surface area (Å²) < 4.78 is 66.9. The van der Waals surface area contributed by atoms with E-state index in [9.17, 15) is 36.0 Å². The maximum absolute atomic E-state index is 12.3. The number of alkyl halides is 3. The fraction of sp³-hybridized carbons (Fsp3) is 0.471. The number of nitrogens with zero attached hydrogens (tertiary/aromatic N) is 1. The summed E-state index contributed by atoms with van der Waals surface area (Å²) in [5.41, 5.74) is -1.02. The van der Waals surface area contributed by atoms with E-state index in [1.54, 1.807) is 0 Å². The predicted octanol–water partition coefficient (Wildman–Crippen LogP) is 0.454. The summed E-state index contributed by atoms with van der Waals surface area (Å²) in [5, 5.41) is 4.75. The van der Waals surface area contributed by atoms with Gasteiger partial charge in [0, 0.05) is 26.1 Å². The molecular weight excluding hydrogens is 445 g/mol. The van der Waals surface area contributed by atoms with Crippen LogP contribution in [-0.2, 0) is 19.6 Å². The molecule has 2 aliphatic heterocycles.